The Labute approximate surface area is 249 Å². The molecular weight excluding hydrogens is 561 g/mol. The summed E-state index contributed by atoms with van der Waals surface area (Å²) in [6.07, 6.45) is 5.25. The highest BCUT2D eigenvalue weighted by Gasteiger charge is 2.24. The second-order valence-electron chi connectivity index (χ2n) is 9.07. The largest absolute Gasteiger partial charge is 0.495 e. The summed E-state index contributed by atoms with van der Waals surface area (Å²) in [6.45, 7) is 5.65. The number of anilines is 2. The Bertz CT molecular complexity index is 1530. The number of pyridine rings is 1. The standard InChI is InChI=1S/C31H29Cl2N5O3/c1-4-20-15-26(41-3)31(33)24(30(20)32)17-29(40)38(18-22-11-8-9-13-34-22)27-16-23(35-19-36-27)14-21-10-6-7-12-25(21)37-28(39)5-2/h5-13,15-16,19H,2,4,14,17-18H2,1,3H3,(H,37,39). The van der Waals surface area contributed by atoms with Gasteiger partial charge in [-0.1, -0.05) is 61.0 Å². The van der Waals surface area contributed by atoms with E-state index in [1.165, 1.54) is 24.4 Å². The number of hydrogen-bond acceptors (Lipinski definition) is 6. The number of carbonyl (C=O) groups is 2. The average molecular weight is 591 g/mol. The quantitative estimate of drug-likeness (QED) is 0.208. The monoisotopic (exact) mass is 589 g/mol. The first kappa shape index (κ1) is 29.7. The van der Waals surface area contributed by atoms with Gasteiger partial charge in [-0.25, -0.2) is 9.97 Å². The zero-order valence-corrected chi connectivity index (χ0v) is 24.2. The van der Waals surface area contributed by atoms with Crippen LogP contribution in [0.4, 0.5) is 11.5 Å². The Morgan fingerprint density at radius 1 is 1.00 bits per heavy atom. The first-order valence-electron chi connectivity index (χ1n) is 12.9. The molecule has 2 aromatic heterocycles. The van der Waals surface area contributed by atoms with Crippen LogP contribution in [0, 0.1) is 0 Å². The predicted molar refractivity (Wildman–Crippen MR) is 162 cm³/mol. The van der Waals surface area contributed by atoms with E-state index in [1.54, 1.807) is 18.3 Å². The number of benzene rings is 2. The highest BCUT2D eigenvalue weighted by atomic mass is 35.5. The summed E-state index contributed by atoms with van der Waals surface area (Å²) in [6, 6.07) is 16.5. The molecule has 0 aliphatic carbocycles. The van der Waals surface area contributed by atoms with E-state index in [2.05, 4.69) is 26.8 Å². The van der Waals surface area contributed by atoms with Crippen molar-refractivity contribution >= 4 is 46.5 Å². The van der Waals surface area contributed by atoms with Crippen molar-refractivity contribution in [3.63, 3.8) is 0 Å². The number of nitrogens with one attached hydrogen (secondary N) is 1. The first-order valence-corrected chi connectivity index (χ1v) is 13.7. The lowest BCUT2D eigenvalue weighted by Gasteiger charge is -2.23. The van der Waals surface area contributed by atoms with E-state index < -0.39 is 0 Å². The summed E-state index contributed by atoms with van der Waals surface area (Å²) in [5.74, 6) is 0.259. The van der Waals surface area contributed by atoms with Crippen LogP contribution < -0.4 is 15.0 Å². The van der Waals surface area contributed by atoms with E-state index >= 15 is 0 Å². The van der Waals surface area contributed by atoms with Crippen molar-refractivity contribution in [3.8, 4) is 5.75 Å². The van der Waals surface area contributed by atoms with Crippen molar-refractivity contribution in [2.75, 3.05) is 17.3 Å². The molecule has 0 radical (unpaired) electrons. The van der Waals surface area contributed by atoms with Crippen LogP contribution in [0.3, 0.4) is 0 Å². The molecule has 0 atom stereocenters. The van der Waals surface area contributed by atoms with E-state index in [0.717, 1.165) is 11.1 Å². The van der Waals surface area contributed by atoms with Gasteiger partial charge in [0.25, 0.3) is 0 Å². The normalized spacial score (nSPS) is 10.6. The van der Waals surface area contributed by atoms with Crippen LogP contribution >= 0.6 is 23.2 Å². The van der Waals surface area contributed by atoms with Crippen molar-refractivity contribution in [3.05, 3.63) is 118 Å². The van der Waals surface area contributed by atoms with Gasteiger partial charge in [0.05, 0.1) is 36.5 Å². The maximum atomic E-state index is 13.9. The second kappa shape index (κ2) is 13.9. The number of halogens is 2. The first-order chi connectivity index (χ1) is 19.8. The summed E-state index contributed by atoms with van der Waals surface area (Å²) in [4.78, 5) is 40.6. The fourth-order valence-electron chi connectivity index (χ4n) is 4.29. The van der Waals surface area contributed by atoms with Crippen LogP contribution in [0.15, 0.2) is 79.8 Å². The molecule has 2 heterocycles. The van der Waals surface area contributed by atoms with E-state index in [9.17, 15) is 9.59 Å². The lowest BCUT2D eigenvalue weighted by molar-refractivity contribution is -0.118. The maximum Gasteiger partial charge on any atom is 0.247 e. The maximum absolute atomic E-state index is 13.9. The van der Waals surface area contributed by atoms with Crippen molar-refractivity contribution < 1.29 is 14.3 Å². The third kappa shape index (κ3) is 7.28. The van der Waals surface area contributed by atoms with Gasteiger partial charge in [0, 0.05) is 35.0 Å². The van der Waals surface area contributed by atoms with Crippen LogP contribution in [-0.2, 0) is 35.4 Å². The summed E-state index contributed by atoms with van der Waals surface area (Å²) in [5.41, 5.74) is 4.14. The molecule has 4 rings (SSSR count). The molecular formula is C31H29Cl2N5O3. The average Bonchev–Trinajstić information content (AvgIpc) is 2.99. The van der Waals surface area contributed by atoms with Crippen molar-refractivity contribution in [1.82, 2.24) is 15.0 Å². The molecule has 4 aromatic rings. The van der Waals surface area contributed by atoms with Crippen LogP contribution in [-0.4, -0.2) is 33.9 Å². The molecule has 0 saturated heterocycles. The molecule has 2 aromatic carbocycles. The van der Waals surface area contributed by atoms with Gasteiger partial charge < -0.3 is 10.1 Å². The van der Waals surface area contributed by atoms with Crippen molar-refractivity contribution in [2.24, 2.45) is 0 Å². The van der Waals surface area contributed by atoms with Gasteiger partial charge in [-0.05, 0) is 47.9 Å². The molecule has 0 unspecified atom stereocenters. The van der Waals surface area contributed by atoms with Crippen molar-refractivity contribution in [2.45, 2.75) is 32.7 Å². The van der Waals surface area contributed by atoms with Crippen LogP contribution in [0.2, 0.25) is 10.0 Å². The predicted octanol–water partition coefficient (Wildman–Crippen LogP) is 6.24. The van der Waals surface area contributed by atoms with Gasteiger partial charge in [0.15, 0.2) is 0 Å². The van der Waals surface area contributed by atoms with Crippen LogP contribution in [0.1, 0.15) is 35.0 Å². The summed E-state index contributed by atoms with van der Waals surface area (Å²) in [7, 11) is 1.52. The molecule has 1 N–H and O–H groups in total. The van der Waals surface area contributed by atoms with E-state index in [-0.39, 0.29) is 24.8 Å². The molecule has 210 valence electrons. The number of ether oxygens (including phenoxy) is 1. The van der Waals surface area contributed by atoms with Crippen LogP contribution in [0.5, 0.6) is 5.75 Å². The van der Waals surface area contributed by atoms with Gasteiger partial charge in [-0.15, -0.1) is 0 Å². The number of para-hydroxylation sites is 1. The minimum Gasteiger partial charge on any atom is -0.495 e. The zero-order valence-electron chi connectivity index (χ0n) is 22.7. The number of hydrogen-bond donors (Lipinski definition) is 1. The van der Waals surface area contributed by atoms with Gasteiger partial charge in [-0.2, -0.15) is 0 Å². The number of aryl methyl sites for hydroxylation is 1. The summed E-state index contributed by atoms with van der Waals surface area (Å²) < 4.78 is 5.44. The lowest BCUT2D eigenvalue weighted by Crippen LogP contribution is -2.33. The molecule has 2 amide bonds. The van der Waals surface area contributed by atoms with Gasteiger partial charge in [-0.3, -0.25) is 19.5 Å². The molecule has 0 saturated carbocycles. The van der Waals surface area contributed by atoms with Gasteiger partial charge >= 0.3 is 0 Å². The van der Waals surface area contributed by atoms with Gasteiger partial charge in [0.2, 0.25) is 11.8 Å². The molecule has 0 aliphatic heterocycles. The Balaban J connectivity index is 1.69. The number of rotatable bonds is 11. The van der Waals surface area contributed by atoms with Crippen LogP contribution in [0.25, 0.3) is 0 Å². The molecule has 8 nitrogen and oxygen atoms in total. The third-order valence-electron chi connectivity index (χ3n) is 6.43. The fourth-order valence-corrected chi connectivity index (χ4v) is 4.98. The molecule has 0 bridgehead atoms. The Morgan fingerprint density at radius 2 is 1.78 bits per heavy atom. The zero-order chi connectivity index (χ0) is 29.4. The van der Waals surface area contributed by atoms with Crippen molar-refractivity contribution in [1.29, 1.82) is 0 Å². The Morgan fingerprint density at radius 3 is 2.49 bits per heavy atom. The minimum absolute atomic E-state index is 0.0789. The summed E-state index contributed by atoms with van der Waals surface area (Å²) >= 11 is 13.3. The van der Waals surface area contributed by atoms with E-state index in [0.29, 0.717) is 57.1 Å². The number of carbonyl (C=O) groups excluding carboxylic acids is 2. The molecule has 0 fully saturated rings. The smallest absolute Gasteiger partial charge is 0.247 e. The number of methoxy groups -OCH3 is 1. The molecule has 0 spiro atoms. The molecule has 0 aliphatic rings. The lowest BCUT2D eigenvalue weighted by atomic mass is 10.0. The van der Waals surface area contributed by atoms with Gasteiger partial charge in [0.1, 0.15) is 17.9 Å². The van der Waals surface area contributed by atoms with E-state index in [1.807, 2.05) is 49.4 Å². The molecule has 41 heavy (non-hydrogen) atoms. The SMILES string of the molecule is C=CC(=O)Nc1ccccc1Cc1cc(N(Cc2ccccn2)C(=O)Cc2c(Cl)c(CC)cc(OC)c2Cl)ncn1. The Kier molecular flexibility index (Phi) is 10.1. The number of amides is 2. The van der Waals surface area contributed by atoms with E-state index in [4.69, 9.17) is 27.9 Å². The Hall–Kier alpha value is -4.27. The molecule has 10 heteroatoms. The third-order valence-corrected chi connectivity index (χ3v) is 7.31. The number of aromatic nitrogens is 3. The highest BCUT2D eigenvalue weighted by molar-refractivity contribution is 6.37. The summed E-state index contributed by atoms with van der Waals surface area (Å²) in [5, 5.41) is 3.55. The minimum atomic E-state index is -0.311. The highest BCUT2D eigenvalue weighted by Crippen LogP contribution is 2.37. The number of nitrogens with zero attached hydrogens (tertiary/aromatic N) is 4. The topological polar surface area (TPSA) is 97.3 Å². The fraction of sp³-hybridized carbons (Fsp3) is 0.194. The second-order valence-corrected chi connectivity index (χ2v) is 9.83.